The second-order valence-electron chi connectivity index (χ2n) is 3.06. The van der Waals surface area contributed by atoms with Gasteiger partial charge in [-0.05, 0) is 12.1 Å². The molecule has 2 rings (SSSR count). The van der Waals surface area contributed by atoms with Crippen LogP contribution in [0.4, 0.5) is 5.69 Å². The van der Waals surface area contributed by atoms with Crippen LogP contribution in [0.1, 0.15) is 10.5 Å². The zero-order valence-electron chi connectivity index (χ0n) is 8.11. The number of benzene rings is 1. The van der Waals surface area contributed by atoms with E-state index < -0.39 is 4.92 Å². The Bertz CT molecular complexity index is 548. The summed E-state index contributed by atoms with van der Waals surface area (Å²) in [6.45, 7) is 0. The molecule has 0 radical (unpaired) electrons. The molecule has 0 unspecified atom stereocenters. The summed E-state index contributed by atoms with van der Waals surface area (Å²) in [4.78, 5) is 20.8. The highest BCUT2D eigenvalue weighted by atomic mass is 16.6. The Kier molecular flexibility index (Phi) is 2.47. The molecule has 0 bridgehead atoms. The number of nitrogens with zero attached hydrogens (tertiary/aromatic N) is 3. The Morgan fingerprint density at radius 2 is 2.19 bits per heavy atom. The van der Waals surface area contributed by atoms with Crippen molar-refractivity contribution in [2.45, 2.75) is 0 Å². The molecule has 0 amide bonds. The predicted molar refractivity (Wildman–Crippen MR) is 55.6 cm³/mol. The summed E-state index contributed by atoms with van der Waals surface area (Å²) in [5.41, 5.74) is 0.798. The van der Waals surface area contributed by atoms with Crippen molar-refractivity contribution in [1.82, 2.24) is 9.78 Å². The first kappa shape index (κ1) is 10.0. The maximum atomic E-state index is 10.7. The molecule has 0 fully saturated rings. The third kappa shape index (κ3) is 1.68. The number of nitro groups is 1. The van der Waals surface area contributed by atoms with Crippen molar-refractivity contribution in [2.75, 3.05) is 0 Å². The van der Waals surface area contributed by atoms with E-state index in [1.807, 2.05) is 0 Å². The largest absolute Gasteiger partial charge is 0.296 e. The van der Waals surface area contributed by atoms with Crippen molar-refractivity contribution >= 4 is 12.0 Å². The molecule has 2 aromatic rings. The quantitative estimate of drug-likeness (QED) is 0.444. The molecule has 1 heterocycles. The highest BCUT2D eigenvalue weighted by molar-refractivity contribution is 5.73. The zero-order chi connectivity index (χ0) is 11.5. The van der Waals surface area contributed by atoms with E-state index >= 15 is 0 Å². The van der Waals surface area contributed by atoms with Crippen LogP contribution in [0.15, 0.2) is 36.5 Å². The molecule has 0 N–H and O–H groups in total. The monoisotopic (exact) mass is 217 g/mol. The lowest BCUT2D eigenvalue weighted by molar-refractivity contribution is -0.384. The minimum absolute atomic E-state index is 0.0372. The highest BCUT2D eigenvalue weighted by Crippen LogP contribution is 2.16. The van der Waals surface area contributed by atoms with Gasteiger partial charge in [0, 0.05) is 12.1 Å². The molecule has 0 atom stereocenters. The molecule has 0 aliphatic carbocycles. The van der Waals surface area contributed by atoms with E-state index in [-0.39, 0.29) is 5.69 Å². The van der Waals surface area contributed by atoms with Crippen molar-refractivity contribution in [1.29, 1.82) is 0 Å². The average molecular weight is 217 g/mol. The summed E-state index contributed by atoms with van der Waals surface area (Å²) in [6, 6.07) is 7.47. The van der Waals surface area contributed by atoms with Crippen molar-refractivity contribution < 1.29 is 9.72 Å². The van der Waals surface area contributed by atoms with Gasteiger partial charge in [0.25, 0.3) is 5.69 Å². The van der Waals surface area contributed by atoms with Crippen LogP contribution in [-0.2, 0) is 0 Å². The average Bonchev–Trinajstić information content (AvgIpc) is 2.77. The SMILES string of the molecule is O=Cc1ccnn1-c1cccc([N+](=O)[O-])c1. The molecule has 0 saturated heterocycles. The van der Waals surface area contributed by atoms with Gasteiger partial charge < -0.3 is 0 Å². The van der Waals surface area contributed by atoms with E-state index in [1.165, 1.54) is 29.1 Å². The van der Waals surface area contributed by atoms with Crippen molar-refractivity contribution in [3.63, 3.8) is 0 Å². The summed E-state index contributed by atoms with van der Waals surface area (Å²) < 4.78 is 1.35. The van der Waals surface area contributed by atoms with E-state index in [4.69, 9.17) is 0 Å². The number of rotatable bonds is 3. The number of carbonyl (C=O) groups excluding carboxylic acids is 1. The normalized spacial score (nSPS) is 10.0. The fraction of sp³-hybridized carbons (Fsp3) is 0. The van der Waals surface area contributed by atoms with Crippen LogP contribution in [0, 0.1) is 10.1 Å². The van der Waals surface area contributed by atoms with Gasteiger partial charge in [0.1, 0.15) is 5.69 Å². The van der Waals surface area contributed by atoms with E-state index in [1.54, 1.807) is 12.1 Å². The van der Waals surface area contributed by atoms with Gasteiger partial charge in [0.15, 0.2) is 6.29 Å². The molecular formula is C10H7N3O3. The molecule has 0 aliphatic heterocycles. The first-order valence-electron chi connectivity index (χ1n) is 4.46. The van der Waals surface area contributed by atoms with Crippen LogP contribution >= 0.6 is 0 Å². The Labute approximate surface area is 90.3 Å². The molecule has 0 aliphatic rings. The Morgan fingerprint density at radius 1 is 1.38 bits per heavy atom. The van der Waals surface area contributed by atoms with Gasteiger partial charge in [-0.25, -0.2) is 4.68 Å². The van der Waals surface area contributed by atoms with Gasteiger partial charge in [-0.15, -0.1) is 0 Å². The standard InChI is InChI=1S/C10H7N3O3/c14-7-10-4-5-11-12(10)8-2-1-3-9(6-8)13(15)16/h1-7H. The lowest BCUT2D eigenvalue weighted by atomic mass is 10.3. The summed E-state index contributed by atoms with van der Waals surface area (Å²) in [7, 11) is 0. The fourth-order valence-electron chi connectivity index (χ4n) is 1.36. The van der Waals surface area contributed by atoms with Crippen LogP contribution in [0.3, 0.4) is 0 Å². The van der Waals surface area contributed by atoms with E-state index in [9.17, 15) is 14.9 Å². The van der Waals surface area contributed by atoms with Crippen LogP contribution in [0.2, 0.25) is 0 Å². The van der Waals surface area contributed by atoms with Gasteiger partial charge in [-0.1, -0.05) is 6.07 Å². The number of nitro benzene ring substituents is 1. The van der Waals surface area contributed by atoms with Crippen LogP contribution in [0.25, 0.3) is 5.69 Å². The van der Waals surface area contributed by atoms with Gasteiger partial charge in [-0.3, -0.25) is 14.9 Å². The molecule has 1 aromatic carbocycles. The molecule has 6 heteroatoms. The number of carbonyl (C=O) groups is 1. The number of aldehydes is 1. The summed E-state index contributed by atoms with van der Waals surface area (Å²) >= 11 is 0. The maximum absolute atomic E-state index is 10.7. The first-order valence-corrected chi connectivity index (χ1v) is 4.46. The number of non-ortho nitro benzene ring substituents is 1. The minimum atomic E-state index is -0.492. The Morgan fingerprint density at radius 3 is 2.88 bits per heavy atom. The molecule has 1 aromatic heterocycles. The van der Waals surface area contributed by atoms with Crippen molar-refractivity contribution in [3.8, 4) is 5.69 Å². The minimum Gasteiger partial charge on any atom is -0.296 e. The summed E-state index contributed by atoms with van der Waals surface area (Å²) in [5.74, 6) is 0. The maximum Gasteiger partial charge on any atom is 0.271 e. The Hall–Kier alpha value is -2.50. The highest BCUT2D eigenvalue weighted by Gasteiger charge is 2.09. The molecule has 0 spiro atoms. The van der Waals surface area contributed by atoms with Crippen LogP contribution < -0.4 is 0 Å². The second kappa shape index (κ2) is 3.93. The summed E-state index contributed by atoms with van der Waals surface area (Å²) in [6.07, 6.45) is 2.11. The zero-order valence-corrected chi connectivity index (χ0v) is 8.11. The van der Waals surface area contributed by atoms with E-state index in [0.717, 1.165) is 0 Å². The lowest BCUT2D eigenvalue weighted by Gasteiger charge is -2.02. The van der Waals surface area contributed by atoms with E-state index in [0.29, 0.717) is 17.7 Å². The number of hydrogen-bond acceptors (Lipinski definition) is 4. The van der Waals surface area contributed by atoms with Gasteiger partial charge in [0.2, 0.25) is 0 Å². The fourth-order valence-corrected chi connectivity index (χ4v) is 1.36. The lowest BCUT2D eigenvalue weighted by Crippen LogP contribution is -2.01. The molecule has 0 saturated carbocycles. The molecular weight excluding hydrogens is 210 g/mol. The Balaban J connectivity index is 2.52. The predicted octanol–water partition coefficient (Wildman–Crippen LogP) is 1.59. The van der Waals surface area contributed by atoms with Crippen LogP contribution in [0.5, 0.6) is 0 Å². The molecule has 16 heavy (non-hydrogen) atoms. The van der Waals surface area contributed by atoms with Crippen molar-refractivity contribution in [3.05, 3.63) is 52.3 Å². The van der Waals surface area contributed by atoms with Gasteiger partial charge in [0.05, 0.1) is 16.8 Å². The molecule has 6 nitrogen and oxygen atoms in total. The van der Waals surface area contributed by atoms with Gasteiger partial charge in [-0.2, -0.15) is 5.10 Å². The number of aromatic nitrogens is 2. The summed E-state index contributed by atoms with van der Waals surface area (Å²) in [5, 5.41) is 14.5. The van der Waals surface area contributed by atoms with Crippen LogP contribution in [-0.4, -0.2) is 21.0 Å². The first-order chi connectivity index (χ1) is 7.72. The second-order valence-corrected chi connectivity index (χ2v) is 3.06. The van der Waals surface area contributed by atoms with E-state index in [2.05, 4.69) is 5.10 Å². The van der Waals surface area contributed by atoms with Gasteiger partial charge >= 0.3 is 0 Å². The smallest absolute Gasteiger partial charge is 0.271 e. The third-order valence-corrected chi connectivity index (χ3v) is 2.08. The molecule has 80 valence electrons. The van der Waals surface area contributed by atoms with Crippen molar-refractivity contribution in [2.24, 2.45) is 0 Å². The third-order valence-electron chi connectivity index (χ3n) is 2.08. The topological polar surface area (TPSA) is 78.0 Å². The number of hydrogen-bond donors (Lipinski definition) is 0.